The molecule has 0 aromatic heterocycles. The van der Waals surface area contributed by atoms with Crippen molar-refractivity contribution in [1.82, 2.24) is 0 Å². The van der Waals surface area contributed by atoms with E-state index in [1.165, 1.54) is 7.11 Å². The Kier molecular flexibility index (Phi) is 6.85. The van der Waals surface area contributed by atoms with E-state index in [-0.39, 0.29) is 12.3 Å². The Morgan fingerprint density at radius 2 is 2.12 bits per heavy atom. The van der Waals surface area contributed by atoms with Crippen molar-refractivity contribution >= 4 is 5.97 Å². The Morgan fingerprint density at radius 1 is 1.38 bits per heavy atom. The van der Waals surface area contributed by atoms with Crippen molar-refractivity contribution in [2.45, 2.75) is 38.4 Å². The summed E-state index contributed by atoms with van der Waals surface area (Å²) >= 11 is 0. The molecule has 0 aromatic rings. The fourth-order valence-electron chi connectivity index (χ4n) is 1.46. The van der Waals surface area contributed by atoms with Crippen LogP contribution in [0.2, 0.25) is 0 Å². The molecule has 0 saturated carbocycles. The Morgan fingerprint density at radius 3 is 2.81 bits per heavy atom. The second kappa shape index (κ2) is 8.30. The summed E-state index contributed by atoms with van der Waals surface area (Å²) in [4.78, 5) is 10.8. The number of rotatable bonds is 6. The van der Waals surface area contributed by atoms with Crippen LogP contribution in [-0.4, -0.2) is 32.6 Å². The van der Waals surface area contributed by atoms with Gasteiger partial charge in [0.05, 0.1) is 20.3 Å². The van der Waals surface area contributed by atoms with Crippen molar-refractivity contribution in [3.8, 4) is 0 Å². The first-order chi connectivity index (χ1) is 7.83. The van der Waals surface area contributed by atoms with Crippen molar-refractivity contribution in [2.24, 2.45) is 0 Å². The van der Waals surface area contributed by atoms with E-state index in [0.717, 1.165) is 38.9 Å². The van der Waals surface area contributed by atoms with Gasteiger partial charge in [0.2, 0.25) is 0 Å². The van der Waals surface area contributed by atoms with Crippen LogP contribution in [0.5, 0.6) is 0 Å². The second-order valence-corrected chi connectivity index (χ2v) is 3.70. The standard InChI is InChI=1S/C12H20O4/c1-14-11(13)7-4-2-3-5-8-12-15-9-6-10-16-12/h3,5,12H,2,4,6-10H2,1H3/b5-3-. The van der Waals surface area contributed by atoms with E-state index in [1.54, 1.807) is 0 Å². The Labute approximate surface area is 96.6 Å². The summed E-state index contributed by atoms with van der Waals surface area (Å²) in [7, 11) is 1.41. The van der Waals surface area contributed by atoms with Gasteiger partial charge in [-0.05, 0) is 19.3 Å². The number of allylic oxidation sites excluding steroid dienone is 1. The van der Waals surface area contributed by atoms with E-state index < -0.39 is 0 Å². The molecule has 0 aromatic carbocycles. The fraction of sp³-hybridized carbons (Fsp3) is 0.750. The van der Waals surface area contributed by atoms with Gasteiger partial charge in [-0.2, -0.15) is 0 Å². The first kappa shape index (κ1) is 13.2. The molecule has 0 amide bonds. The Bertz CT molecular complexity index is 219. The van der Waals surface area contributed by atoms with Crippen LogP contribution >= 0.6 is 0 Å². The van der Waals surface area contributed by atoms with Crippen molar-refractivity contribution in [1.29, 1.82) is 0 Å². The van der Waals surface area contributed by atoms with Gasteiger partial charge >= 0.3 is 5.97 Å². The first-order valence-electron chi connectivity index (χ1n) is 5.78. The molecule has 4 heteroatoms. The van der Waals surface area contributed by atoms with Gasteiger partial charge in [-0.1, -0.05) is 12.2 Å². The molecule has 1 aliphatic heterocycles. The molecule has 4 nitrogen and oxygen atoms in total. The number of methoxy groups -OCH3 is 1. The molecule has 0 N–H and O–H groups in total. The summed E-state index contributed by atoms with van der Waals surface area (Å²) < 4.78 is 15.3. The zero-order valence-electron chi connectivity index (χ0n) is 9.81. The minimum Gasteiger partial charge on any atom is -0.469 e. The van der Waals surface area contributed by atoms with Crippen LogP contribution < -0.4 is 0 Å². The van der Waals surface area contributed by atoms with Crippen molar-refractivity contribution < 1.29 is 19.0 Å². The van der Waals surface area contributed by atoms with Crippen molar-refractivity contribution in [2.75, 3.05) is 20.3 Å². The van der Waals surface area contributed by atoms with Gasteiger partial charge in [0.25, 0.3) is 0 Å². The maximum Gasteiger partial charge on any atom is 0.305 e. The molecule has 1 aliphatic rings. The number of unbranched alkanes of at least 4 members (excludes halogenated alkanes) is 1. The average molecular weight is 228 g/mol. The lowest BCUT2D eigenvalue weighted by Crippen LogP contribution is -2.23. The lowest BCUT2D eigenvalue weighted by atomic mass is 10.2. The smallest absolute Gasteiger partial charge is 0.305 e. The molecule has 16 heavy (non-hydrogen) atoms. The number of ether oxygens (including phenoxy) is 3. The largest absolute Gasteiger partial charge is 0.469 e. The molecule has 1 heterocycles. The molecule has 92 valence electrons. The summed E-state index contributed by atoms with van der Waals surface area (Å²) in [5.41, 5.74) is 0. The molecule has 0 atom stereocenters. The number of carbonyl (C=O) groups excluding carboxylic acids is 1. The van der Waals surface area contributed by atoms with Gasteiger partial charge in [-0.25, -0.2) is 0 Å². The quantitative estimate of drug-likeness (QED) is 0.396. The molecule has 0 aliphatic carbocycles. The van der Waals surface area contributed by atoms with E-state index >= 15 is 0 Å². The van der Waals surface area contributed by atoms with Gasteiger partial charge in [0.15, 0.2) is 6.29 Å². The van der Waals surface area contributed by atoms with Gasteiger partial charge < -0.3 is 14.2 Å². The molecular weight excluding hydrogens is 208 g/mol. The lowest BCUT2D eigenvalue weighted by molar-refractivity contribution is -0.175. The maximum absolute atomic E-state index is 10.8. The fourth-order valence-corrected chi connectivity index (χ4v) is 1.46. The van der Waals surface area contributed by atoms with E-state index in [4.69, 9.17) is 9.47 Å². The highest BCUT2D eigenvalue weighted by Crippen LogP contribution is 2.09. The average Bonchev–Trinajstić information content (AvgIpc) is 2.34. The van der Waals surface area contributed by atoms with Gasteiger partial charge in [0, 0.05) is 12.8 Å². The highest BCUT2D eigenvalue weighted by atomic mass is 16.7. The van der Waals surface area contributed by atoms with E-state index in [1.807, 2.05) is 6.08 Å². The SMILES string of the molecule is COC(=O)CCC/C=C\CC1OCCCO1. The van der Waals surface area contributed by atoms with Crippen LogP contribution in [0.4, 0.5) is 0 Å². The van der Waals surface area contributed by atoms with Crippen molar-refractivity contribution in [3.63, 3.8) is 0 Å². The summed E-state index contributed by atoms with van der Waals surface area (Å²) in [6.45, 7) is 1.59. The van der Waals surface area contributed by atoms with E-state index in [2.05, 4.69) is 10.8 Å². The Balaban J connectivity index is 1.97. The molecule has 1 rings (SSSR count). The third kappa shape index (κ3) is 5.88. The van der Waals surface area contributed by atoms with Gasteiger partial charge in [-0.15, -0.1) is 0 Å². The monoisotopic (exact) mass is 228 g/mol. The first-order valence-corrected chi connectivity index (χ1v) is 5.78. The molecule has 1 fully saturated rings. The van der Waals surface area contributed by atoms with Gasteiger partial charge in [-0.3, -0.25) is 4.79 Å². The summed E-state index contributed by atoms with van der Waals surface area (Å²) in [5, 5.41) is 0. The summed E-state index contributed by atoms with van der Waals surface area (Å²) in [6, 6.07) is 0. The van der Waals surface area contributed by atoms with Crippen LogP contribution in [0.1, 0.15) is 32.1 Å². The highest BCUT2D eigenvalue weighted by molar-refractivity contribution is 5.68. The molecule has 0 spiro atoms. The highest BCUT2D eigenvalue weighted by Gasteiger charge is 2.11. The van der Waals surface area contributed by atoms with E-state index in [9.17, 15) is 4.79 Å². The number of carbonyl (C=O) groups is 1. The second-order valence-electron chi connectivity index (χ2n) is 3.70. The molecule has 0 unspecified atom stereocenters. The minimum absolute atomic E-state index is 0.0781. The minimum atomic E-state index is -0.146. The molecule has 1 saturated heterocycles. The number of esters is 1. The number of hydrogen-bond acceptors (Lipinski definition) is 4. The molecule has 0 bridgehead atoms. The van der Waals surface area contributed by atoms with Crippen LogP contribution in [0.15, 0.2) is 12.2 Å². The number of hydrogen-bond donors (Lipinski definition) is 0. The van der Waals surface area contributed by atoms with Crippen molar-refractivity contribution in [3.05, 3.63) is 12.2 Å². The topological polar surface area (TPSA) is 44.8 Å². The van der Waals surface area contributed by atoms with Crippen LogP contribution in [0.3, 0.4) is 0 Å². The summed E-state index contributed by atoms with van der Waals surface area (Å²) in [6.07, 6.45) is 8.01. The third-order valence-electron chi connectivity index (χ3n) is 2.37. The molecule has 0 radical (unpaired) electrons. The maximum atomic E-state index is 10.8. The van der Waals surface area contributed by atoms with Gasteiger partial charge in [0.1, 0.15) is 0 Å². The van der Waals surface area contributed by atoms with E-state index in [0.29, 0.717) is 6.42 Å². The van der Waals surface area contributed by atoms with Crippen LogP contribution in [0, 0.1) is 0 Å². The zero-order valence-corrected chi connectivity index (χ0v) is 9.81. The predicted octanol–water partition coefficient (Wildman–Crippen LogP) is 2.04. The Hall–Kier alpha value is -0.870. The predicted molar refractivity (Wildman–Crippen MR) is 59.9 cm³/mol. The van der Waals surface area contributed by atoms with Crippen LogP contribution in [-0.2, 0) is 19.0 Å². The third-order valence-corrected chi connectivity index (χ3v) is 2.37. The molecular formula is C12H20O4. The summed E-state index contributed by atoms with van der Waals surface area (Å²) in [5.74, 6) is -0.146. The lowest BCUT2D eigenvalue weighted by Gasteiger charge is -2.21. The zero-order chi connectivity index (χ0) is 11.6. The van der Waals surface area contributed by atoms with Crippen LogP contribution in [0.25, 0.3) is 0 Å². The normalized spacial score (nSPS) is 17.8.